The summed E-state index contributed by atoms with van der Waals surface area (Å²) in [6, 6.07) is 5.45. The molecule has 1 saturated heterocycles. The summed E-state index contributed by atoms with van der Waals surface area (Å²) in [5.74, 6) is 0.817. The van der Waals surface area contributed by atoms with Gasteiger partial charge < -0.3 is 20.7 Å². The van der Waals surface area contributed by atoms with Crippen LogP contribution in [0, 0.1) is 6.92 Å². The number of methoxy groups -OCH3 is 1. The number of carbonyl (C=O) groups excluding carboxylic acids is 1. The summed E-state index contributed by atoms with van der Waals surface area (Å²) in [6.45, 7) is 4.35. The average Bonchev–Trinajstić information content (AvgIpc) is 2.40. The minimum absolute atomic E-state index is 0.00762. The quantitative estimate of drug-likeness (QED) is 0.730. The fraction of sp³-hybridized carbons (Fsp3) is 0.462. The van der Waals surface area contributed by atoms with E-state index in [0.29, 0.717) is 6.54 Å². The van der Waals surface area contributed by atoms with Crippen molar-refractivity contribution in [1.82, 2.24) is 10.6 Å². The van der Waals surface area contributed by atoms with Crippen molar-refractivity contribution in [2.24, 2.45) is 0 Å². The van der Waals surface area contributed by atoms with Crippen LogP contribution in [0.25, 0.3) is 0 Å². The number of rotatable bonds is 3. The van der Waals surface area contributed by atoms with E-state index in [-0.39, 0.29) is 11.9 Å². The van der Waals surface area contributed by atoms with Crippen molar-refractivity contribution in [3.63, 3.8) is 0 Å². The van der Waals surface area contributed by atoms with Crippen LogP contribution in [0.4, 0.5) is 5.69 Å². The lowest BCUT2D eigenvalue weighted by Crippen LogP contribution is -2.54. The maximum absolute atomic E-state index is 12.0. The lowest BCUT2D eigenvalue weighted by atomic mass is 10.1. The molecule has 1 aromatic carbocycles. The van der Waals surface area contributed by atoms with Gasteiger partial charge in [-0.3, -0.25) is 4.79 Å². The second kappa shape index (κ2) is 5.84. The van der Waals surface area contributed by atoms with E-state index in [1.54, 1.807) is 7.11 Å². The Kier molecular flexibility index (Phi) is 4.17. The normalized spacial score (nSPS) is 19.3. The SMILES string of the molecule is COc1ccc(NC(=O)C2CNCCN2)cc1C. The highest BCUT2D eigenvalue weighted by atomic mass is 16.5. The number of carbonyl (C=O) groups is 1. The Morgan fingerprint density at radius 1 is 1.44 bits per heavy atom. The maximum atomic E-state index is 12.0. The van der Waals surface area contributed by atoms with Crippen molar-refractivity contribution in [3.8, 4) is 5.75 Å². The van der Waals surface area contributed by atoms with Crippen LogP contribution in [0.1, 0.15) is 5.56 Å². The average molecular weight is 249 g/mol. The molecule has 0 bridgehead atoms. The summed E-state index contributed by atoms with van der Waals surface area (Å²) >= 11 is 0. The molecule has 0 aliphatic carbocycles. The van der Waals surface area contributed by atoms with Crippen LogP contribution in [-0.4, -0.2) is 38.7 Å². The second-order valence-corrected chi connectivity index (χ2v) is 4.38. The third-order valence-electron chi connectivity index (χ3n) is 3.02. The molecular formula is C13H19N3O2. The Morgan fingerprint density at radius 2 is 2.28 bits per heavy atom. The van der Waals surface area contributed by atoms with Crippen molar-refractivity contribution in [2.45, 2.75) is 13.0 Å². The minimum Gasteiger partial charge on any atom is -0.496 e. The van der Waals surface area contributed by atoms with Gasteiger partial charge in [-0.25, -0.2) is 0 Å². The number of amides is 1. The molecule has 1 atom stereocenters. The predicted octanol–water partition coefficient (Wildman–Crippen LogP) is 0.504. The summed E-state index contributed by atoms with van der Waals surface area (Å²) in [7, 11) is 1.64. The number of benzene rings is 1. The third-order valence-corrected chi connectivity index (χ3v) is 3.02. The maximum Gasteiger partial charge on any atom is 0.242 e. The highest BCUT2D eigenvalue weighted by molar-refractivity contribution is 5.95. The predicted molar refractivity (Wildman–Crippen MR) is 71.0 cm³/mol. The highest BCUT2D eigenvalue weighted by Gasteiger charge is 2.20. The smallest absolute Gasteiger partial charge is 0.242 e. The number of aryl methyl sites for hydroxylation is 1. The molecule has 2 rings (SSSR count). The van der Waals surface area contributed by atoms with Crippen molar-refractivity contribution >= 4 is 11.6 Å². The highest BCUT2D eigenvalue weighted by Crippen LogP contribution is 2.21. The van der Waals surface area contributed by atoms with E-state index in [1.807, 2.05) is 25.1 Å². The first kappa shape index (κ1) is 12.9. The first-order valence-electron chi connectivity index (χ1n) is 6.10. The molecule has 0 radical (unpaired) electrons. The van der Waals surface area contributed by atoms with Crippen molar-refractivity contribution in [2.75, 3.05) is 32.1 Å². The molecule has 5 nitrogen and oxygen atoms in total. The molecule has 1 aliphatic rings. The summed E-state index contributed by atoms with van der Waals surface area (Å²) in [5.41, 5.74) is 1.80. The fourth-order valence-electron chi connectivity index (χ4n) is 2.02. The molecule has 0 spiro atoms. The first-order chi connectivity index (χ1) is 8.70. The number of nitrogens with one attached hydrogen (secondary N) is 3. The van der Waals surface area contributed by atoms with E-state index in [0.717, 1.165) is 30.1 Å². The number of hydrogen-bond donors (Lipinski definition) is 3. The lowest BCUT2D eigenvalue weighted by molar-refractivity contribution is -0.118. The summed E-state index contributed by atoms with van der Waals surface area (Å²) < 4.78 is 5.19. The van der Waals surface area contributed by atoms with Gasteiger partial charge in [-0.15, -0.1) is 0 Å². The van der Waals surface area contributed by atoms with E-state index < -0.39 is 0 Å². The molecule has 0 saturated carbocycles. The van der Waals surface area contributed by atoms with Gasteiger partial charge in [0.05, 0.1) is 13.2 Å². The monoisotopic (exact) mass is 249 g/mol. The Balaban J connectivity index is 2.00. The molecule has 5 heteroatoms. The van der Waals surface area contributed by atoms with Crippen LogP contribution < -0.4 is 20.7 Å². The van der Waals surface area contributed by atoms with Crippen molar-refractivity contribution < 1.29 is 9.53 Å². The number of hydrogen-bond acceptors (Lipinski definition) is 4. The Labute approximate surface area is 107 Å². The van der Waals surface area contributed by atoms with E-state index in [4.69, 9.17) is 4.74 Å². The van der Waals surface area contributed by atoms with Gasteiger partial charge in [0, 0.05) is 25.3 Å². The number of anilines is 1. The third kappa shape index (κ3) is 3.00. The summed E-state index contributed by atoms with van der Waals surface area (Å²) in [4.78, 5) is 12.0. The van der Waals surface area contributed by atoms with Gasteiger partial charge in [0.25, 0.3) is 0 Å². The zero-order valence-electron chi connectivity index (χ0n) is 10.7. The van der Waals surface area contributed by atoms with E-state index in [9.17, 15) is 4.79 Å². The van der Waals surface area contributed by atoms with E-state index >= 15 is 0 Å². The van der Waals surface area contributed by atoms with Crippen LogP contribution in [-0.2, 0) is 4.79 Å². The zero-order chi connectivity index (χ0) is 13.0. The largest absolute Gasteiger partial charge is 0.496 e. The number of ether oxygens (including phenoxy) is 1. The van der Waals surface area contributed by atoms with Gasteiger partial charge in [-0.2, -0.15) is 0 Å². The lowest BCUT2D eigenvalue weighted by Gasteiger charge is -2.23. The van der Waals surface area contributed by atoms with E-state index in [1.165, 1.54) is 0 Å². The molecule has 1 fully saturated rings. The van der Waals surface area contributed by atoms with Crippen molar-refractivity contribution in [1.29, 1.82) is 0 Å². The molecular weight excluding hydrogens is 230 g/mol. The molecule has 3 N–H and O–H groups in total. The number of piperazine rings is 1. The molecule has 1 heterocycles. The van der Waals surface area contributed by atoms with Gasteiger partial charge in [0.2, 0.25) is 5.91 Å². The van der Waals surface area contributed by atoms with Gasteiger partial charge in [-0.1, -0.05) is 0 Å². The van der Waals surface area contributed by atoms with Crippen LogP contribution in [0.2, 0.25) is 0 Å². The summed E-state index contributed by atoms with van der Waals surface area (Å²) in [5, 5.41) is 9.27. The van der Waals surface area contributed by atoms with Gasteiger partial charge in [-0.05, 0) is 30.7 Å². The molecule has 18 heavy (non-hydrogen) atoms. The van der Waals surface area contributed by atoms with Gasteiger partial charge >= 0.3 is 0 Å². The Hall–Kier alpha value is -1.59. The molecule has 98 valence electrons. The Morgan fingerprint density at radius 3 is 2.89 bits per heavy atom. The van der Waals surface area contributed by atoms with Gasteiger partial charge in [0.1, 0.15) is 5.75 Å². The summed E-state index contributed by atoms with van der Waals surface area (Å²) in [6.07, 6.45) is 0. The molecule has 1 amide bonds. The fourth-order valence-corrected chi connectivity index (χ4v) is 2.02. The molecule has 1 aromatic rings. The first-order valence-corrected chi connectivity index (χ1v) is 6.10. The minimum atomic E-state index is -0.166. The van der Waals surface area contributed by atoms with Crippen LogP contribution >= 0.6 is 0 Å². The molecule has 1 aliphatic heterocycles. The Bertz CT molecular complexity index is 428. The van der Waals surface area contributed by atoms with Crippen LogP contribution in [0.15, 0.2) is 18.2 Å². The van der Waals surface area contributed by atoms with Crippen LogP contribution in [0.5, 0.6) is 5.75 Å². The molecule has 0 aromatic heterocycles. The topological polar surface area (TPSA) is 62.4 Å². The van der Waals surface area contributed by atoms with E-state index in [2.05, 4.69) is 16.0 Å². The zero-order valence-corrected chi connectivity index (χ0v) is 10.7. The molecule has 1 unspecified atom stereocenters. The van der Waals surface area contributed by atoms with Crippen LogP contribution in [0.3, 0.4) is 0 Å². The second-order valence-electron chi connectivity index (χ2n) is 4.38. The standard InChI is InChI=1S/C13H19N3O2/c1-9-7-10(3-4-12(9)18-2)16-13(17)11-8-14-5-6-15-11/h3-4,7,11,14-15H,5-6,8H2,1-2H3,(H,16,17). The van der Waals surface area contributed by atoms with Gasteiger partial charge in [0.15, 0.2) is 0 Å². The van der Waals surface area contributed by atoms with Crippen molar-refractivity contribution in [3.05, 3.63) is 23.8 Å².